The van der Waals surface area contributed by atoms with Gasteiger partial charge in [0.1, 0.15) is 17.1 Å². The van der Waals surface area contributed by atoms with Gasteiger partial charge in [-0.3, -0.25) is 9.59 Å². The number of benzene rings is 1. The highest BCUT2D eigenvalue weighted by Crippen LogP contribution is 2.11. The topological polar surface area (TPSA) is 120 Å². The number of fused-ring (bicyclic) bond motifs is 1. The maximum absolute atomic E-state index is 12.3. The first kappa shape index (κ1) is 15.4. The third-order valence-corrected chi connectivity index (χ3v) is 3.69. The summed E-state index contributed by atoms with van der Waals surface area (Å²) in [5, 5.41) is 22.3. The van der Waals surface area contributed by atoms with Crippen molar-refractivity contribution in [2.24, 2.45) is 0 Å². The molecule has 23 heavy (non-hydrogen) atoms. The highest BCUT2D eigenvalue weighted by molar-refractivity contribution is 5.99. The molecule has 1 aliphatic rings. The van der Waals surface area contributed by atoms with Crippen molar-refractivity contribution in [3.05, 3.63) is 23.8 Å². The van der Waals surface area contributed by atoms with E-state index in [1.54, 1.807) is 23.1 Å². The molecule has 2 heterocycles. The fraction of sp³-hybridized carbons (Fsp3) is 0.429. The van der Waals surface area contributed by atoms with Crippen molar-refractivity contribution < 1.29 is 19.4 Å². The predicted octanol–water partition coefficient (Wildman–Crippen LogP) is -1.09. The molecule has 1 atom stereocenters. The number of ether oxygens (including phenoxy) is 1. The second-order valence-corrected chi connectivity index (χ2v) is 5.17. The Morgan fingerprint density at radius 1 is 1.30 bits per heavy atom. The first-order valence-corrected chi connectivity index (χ1v) is 7.28. The number of H-pyrrole nitrogens is 1. The molecule has 0 radical (unpaired) electrons. The van der Waals surface area contributed by atoms with E-state index in [1.807, 2.05) is 0 Å². The maximum Gasteiger partial charge on any atom is 0.252 e. The Kier molecular flexibility index (Phi) is 4.49. The van der Waals surface area contributed by atoms with Crippen LogP contribution in [0.5, 0.6) is 0 Å². The number of aliphatic hydroxyl groups excluding tert-OH is 1. The Balaban J connectivity index is 1.69. The average Bonchev–Trinajstić information content (AvgIpc) is 3.07. The zero-order valence-electron chi connectivity index (χ0n) is 12.4. The van der Waals surface area contributed by atoms with Crippen LogP contribution in [0.1, 0.15) is 10.4 Å². The minimum atomic E-state index is -0.978. The van der Waals surface area contributed by atoms with Gasteiger partial charge in [0.05, 0.1) is 19.8 Å². The minimum Gasteiger partial charge on any atom is -0.394 e. The molecule has 0 spiro atoms. The fourth-order valence-electron chi connectivity index (χ4n) is 2.41. The second kappa shape index (κ2) is 6.71. The first-order chi connectivity index (χ1) is 11.2. The Bertz CT molecular complexity index is 710. The van der Waals surface area contributed by atoms with E-state index in [2.05, 4.69) is 20.7 Å². The van der Waals surface area contributed by atoms with E-state index in [9.17, 15) is 14.7 Å². The lowest BCUT2D eigenvalue weighted by Gasteiger charge is -2.30. The number of aromatic nitrogens is 3. The van der Waals surface area contributed by atoms with Crippen LogP contribution < -0.4 is 5.32 Å². The molecular weight excluding hydrogens is 302 g/mol. The molecule has 2 amide bonds. The number of morpholine rings is 1. The molecule has 1 aromatic heterocycles. The number of rotatable bonds is 4. The van der Waals surface area contributed by atoms with E-state index in [0.29, 0.717) is 42.9 Å². The van der Waals surface area contributed by atoms with Gasteiger partial charge in [-0.1, -0.05) is 0 Å². The molecule has 3 rings (SSSR count). The van der Waals surface area contributed by atoms with Gasteiger partial charge in [-0.05, 0) is 18.2 Å². The van der Waals surface area contributed by atoms with Crippen LogP contribution in [0.4, 0.5) is 0 Å². The zero-order chi connectivity index (χ0) is 16.2. The molecule has 1 aromatic carbocycles. The number of amides is 2. The highest BCUT2D eigenvalue weighted by atomic mass is 16.5. The monoisotopic (exact) mass is 319 g/mol. The molecular formula is C14H17N5O4. The quantitative estimate of drug-likeness (QED) is 0.658. The van der Waals surface area contributed by atoms with Crippen LogP contribution in [0.3, 0.4) is 0 Å². The lowest BCUT2D eigenvalue weighted by molar-refractivity contribution is -0.138. The molecule has 0 aliphatic carbocycles. The summed E-state index contributed by atoms with van der Waals surface area (Å²) < 4.78 is 5.19. The van der Waals surface area contributed by atoms with Crippen LogP contribution in [0, 0.1) is 0 Å². The Morgan fingerprint density at radius 2 is 2.04 bits per heavy atom. The van der Waals surface area contributed by atoms with Crippen LogP contribution in [0.25, 0.3) is 11.0 Å². The molecule has 0 saturated carbocycles. The summed E-state index contributed by atoms with van der Waals surface area (Å²) in [5.41, 5.74) is 1.54. The van der Waals surface area contributed by atoms with Gasteiger partial charge in [0.25, 0.3) is 5.91 Å². The summed E-state index contributed by atoms with van der Waals surface area (Å²) in [6, 6.07) is 3.84. The standard InChI is InChI=1S/C14H17N5O4/c20-8-12(14(22)19-3-5-23-6-4-19)15-13(21)9-1-2-10-11(7-9)17-18-16-10/h1-2,7,12,20H,3-6,8H2,(H,15,21)(H,16,17,18)/t12-/m0/s1. The summed E-state index contributed by atoms with van der Waals surface area (Å²) in [6.45, 7) is 1.36. The molecule has 1 aliphatic heterocycles. The Hall–Kier alpha value is -2.52. The number of nitrogens with zero attached hydrogens (tertiary/aromatic N) is 3. The molecule has 0 bridgehead atoms. The van der Waals surface area contributed by atoms with Crippen molar-refractivity contribution in [3.63, 3.8) is 0 Å². The number of hydrogen-bond acceptors (Lipinski definition) is 6. The smallest absolute Gasteiger partial charge is 0.252 e. The van der Waals surface area contributed by atoms with Crippen LogP contribution in [0.15, 0.2) is 18.2 Å². The molecule has 3 N–H and O–H groups in total. The average molecular weight is 319 g/mol. The number of aliphatic hydroxyl groups is 1. The van der Waals surface area contributed by atoms with E-state index in [4.69, 9.17) is 4.74 Å². The molecule has 2 aromatic rings. The Morgan fingerprint density at radius 3 is 2.78 bits per heavy atom. The second-order valence-electron chi connectivity index (χ2n) is 5.17. The van der Waals surface area contributed by atoms with E-state index in [1.165, 1.54) is 0 Å². The van der Waals surface area contributed by atoms with Gasteiger partial charge in [0.15, 0.2) is 0 Å². The van der Waals surface area contributed by atoms with E-state index in [-0.39, 0.29) is 5.91 Å². The number of aromatic amines is 1. The largest absolute Gasteiger partial charge is 0.394 e. The van der Waals surface area contributed by atoms with Crippen molar-refractivity contribution in [2.45, 2.75) is 6.04 Å². The Labute approximate surface area is 131 Å². The highest BCUT2D eigenvalue weighted by Gasteiger charge is 2.27. The van der Waals surface area contributed by atoms with E-state index < -0.39 is 18.6 Å². The summed E-state index contributed by atoms with van der Waals surface area (Å²) in [4.78, 5) is 26.2. The van der Waals surface area contributed by atoms with Crippen molar-refractivity contribution in [1.29, 1.82) is 0 Å². The molecule has 9 heteroatoms. The lowest BCUT2D eigenvalue weighted by atomic mass is 10.1. The van der Waals surface area contributed by atoms with E-state index in [0.717, 1.165) is 0 Å². The summed E-state index contributed by atoms with van der Waals surface area (Å²) in [7, 11) is 0. The number of nitrogens with one attached hydrogen (secondary N) is 2. The van der Waals surface area contributed by atoms with E-state index >= 15 is 0 Å². The van der Waals surface area contributed by atoms with Gasteiger partial charge in [0, 0.05) is 18.7 Å². The molecule has 122 valence electrons. The van der Waals surface area contributed by atoms with Gasteiger partial charge in [-0.25, -0.2) is 0 Å². The summed E-state index contributed by atoms with van der Waals surface area (Å²) in [5.74, 6) is -0.762. The van der Waals surface area contributed by atoms with Crippen molar-refractivity contribution in [1.82, 2.24) is 25.6 Å². The molecule has 0 unspecified atom stereocenters. The van der Waals surface area contributed by atoms with Crippen LogP contribution in [-0.4, -0.2) is 76.2 Å². The molecule has 1 saturated heterocycles. The van der Waals surface area contributed by atoms with Gasteiger partial charge in [0.2, 0.25) is 5.91 Å². The van der Waals surface area contributed by atoms with Gasteiger partial charge < -0.3 is 20.1 Å². The molecule has 9 nitrogen and oxygen atoms in total. The number of hydrogen-bond donors (Lipinski definition) is 3. The van der Waals surface area contributed by atoms with Gasteiger partial charge >= 0.3 is 0 Å². The fourth-order valence-corrected chi connectivity index (χ4v) is 2.41. The third-order valence-electron chi connectivity index (χ3n) is 3.69. The first-order valence-electron chi connectivity index (χ1n) is 7.28. The van der Waals surface area contributed by atoms with Gasteiger partial charge in [-0.15, -0.1) is 0 Å². The van der Waals surface area contributed by atoms with Crippen LogP contribution >= 0.6 is 0 Å². The van der Waals surface area contributed by atoms with Crippen molar-refractivity contribution in [3.8, 4) is 0 Å². The summed E-state index contributed by atoms with van der Waals surface area (Å²) in [6.07, 6.45) is 0. The maximum atomic E-state index is 12.3. The van der Waals surface area contributed by atoms with Crippen molar-refractivity contribution in [2.75, 3.05) is 32.9 Å². The van der Waals surface area contributed by atoms with Crippen LogP contribution in [0.2, 0.25) is 0 Å². The van der Waals surface area contributed by atoms with Crippen molar-refractivity contribution >= 4 is 22.8 Å². The zero-order valence-corrected chi connectivity index (χ0v) is 12.4. The third kappa shape index (κ3) is 3.30. The predicted molar refractivity (Wildman–Crippen MR) is 79.6 cm³/mol. The number of carbonyl (C=O) groups is 2. The minimum absolute atomic E-state index is 0.313. The summed E-state index contributed by atoms with van der Waals surface area (Å²) >= 11 is 0. The van der Waals surface area contributed by atoms with Crippen LogP contribution in [-0.2, 0) is 9.53 Å². The normalized spacial score (nSPS) is 16.3. The SMILES string of the molecule is O=C(N[C@@H](CO)C(=O)N1CCOCC1)c1ccc2n[nH]nc2c1. The lowest BCUT2D eigenvalue weighted by Crippen LogP contribution is -2.53. The molecule has 1 fully saturated rings. The van der Waals surface area contributed by atoms with Gasteiger partial charge in [-0.2, -0.15) is 15.4 Å². The number of carbonyl (C=O) groups excluding carboxylic acids is 2.